The summed E-state index contributed by atoms with van der Waals surface area (Å²) < 4.78 is 10.7. The van der Waals surface area contributed by atoms with E-state index in [1.165, 1.54) is 6.92 Å². The number of ether oxygens (including phenoxy) is 2. The fraction of sp³-hybridized carbons (Fsp3) is 0.389. The van der Waals surface area contributed by atoms with Crippen molar-refractivity contribution in [3.63, 3.8) is 0 Å². The highest BCUT2D eigenvalue weighted by Crippen LogP contribution is 2.22. The summed E-state index contributed by atoms with van der Waals surface area (Å²) in [6.07, 6.45) is 0.189. The number of aromatic hydroxyl groups is 1. The van der Waals surface area contributed by atoms with Gasteiger partial charge in [-0.3, -0.25) is 9.59 Å². The number of benzene rings is 3. The second-order valence-electron chi connectivity index (χ2n) is 11.6. The maximum Gasteiger partial charge on any atom is 0.417 e. The van der Waals surface area contributed by atoms with Crippen molar-refractivity contribution in [3.8, 4) is 5.75 Å². The summed E-state index contributed by atoms with van der Waals surface area (Å²) in [5.74, 6) is -1.31. The third kappa shape index (κ3) is 11.4. The number of hydrogen-bond acceptors (Lipinski definition) is 8. The first kappa shape index (κ1) is 36.6. The van der Waals surface area contributed by atoms with Gasteiger partial charge in [0.2, 0.25) is 11.8 Å². The molecule has 0 fully saturated rings. The zero-order valence-electron chi connectivity index (χ0n) is 27.5. The molecule has 0 bridgehead atoms. The Morgan fingerprint density at radius 2 is 1.49 bits per heavy atom. The third-order valence-corrected chi connectivity index (χ3v) is 7.73. The minimum Gasteiger partial charge on any atom is -0.508 e. The lowest BCUT2D eigenvalue weighted by Gasteiger charge is -2.29. The van der Waals surface area contributed by atoms with E-state index in [4.69, 9.17) is 15.2 Å². The molecule has 3 atom stereocenters. The molecule has 3 rings (SSSR count). The summed E-state index contributed by atoms with van der Waals surface area (Å²) in [7, 11) is 0. The number of carbonyl (C=O) groups excluding carboxylic acids is 4. The number of alkyl carbamates (subject to hydrolysis) is 1. The number of phenols is 1. The fourth-order valence-electron chi connectivity index (χ4n) is 5.08. The highest BCUT2D eigenvalue weighted by Gasteiger charge is 2.36. The molecule has 4 amide bonds. The van der Waals surface area contributed by atoms with Crippen LogP contribution in [0.4, 0.5) is 9.59 Å². The average molecular weight is 647 g/mol. The van der Waals surface area contributed by atoms with Crippen LogP contribution in [0.2, 0.25) is 0 Å². The number of nitrogens with zero attached hydrogens (tertiary/aromatic N) is 1. The summed E-state index contributed by atoms with van der Waals surface area (Å²) in [5, 5.41) is 15.5. The first-order chi connectivity index (χ1) is 22.5. The van der Waals surface area contributed by atoms with Crippen molar-refractivity contribution in [3.05, 3.63) is 101 Å². The molecule has 11 heteroatoms. The quantitative estimate of drug-likeness (QED) is 0.173. The predicted octanol–water partition coefficient (Wildman–Crippen LogP) is 4.69. The molecule has 0 spiro atoms. The van der Waals surface area contributed by atoms with E-state index in [0.717, 1.165) is 39.1 Å². The fourth-order valence-corrected chi connectivity index (χ4v) is 5.08. The Bertz CT molecular complexity index is 1460. The highest BCUT2D eigenvalue weighted by molar-refractivity contribution is 6.00. The number of hydrogen-bond donors (Lipinski definition) is 4. The maximum atomic E-state index is 13.7. The Morgan fingerprint density at radius 1 is 0.894 bits per heavy atom. The van der Waals surface area contributed by atoms with Gasteiger partial charge in [0.05, 0.1) is 18.7 Å². The molecule has 0 heterocycles. The molecule has 3 aromatic carbocycles. The lowest BCUT2D eigenvalue weighted by Crippen LogP contribution is -2.57. The number of rotatable bonds is 15. The molecule has 47 heavy (non-hydrogen) atoms. The summed E-state index contributed by atoms with van der Waals surface area (Å²) in [4.78, 5) is 53.8. The van der Waals surface area contributed by atoms with E-state index in [0.29, 0.717) is 12.8 Å². The van der Waals surface area contributed by atoms with Gasteiger partial charge in [-0.2, -0.15) is 0 Å². The molecule has 252 valence electrons. The van der Waals surface area contributed by atoms with E-state index in [1.807, 2.05) is 67.6 Å². The normalized spacial score (nSPS) is 12.7. The van der Waals surface area contributed by atoms with Crippen LogP contribution in [0.5, 0.6) is 5.75 Å². The predicted molar refractivity (Wildman–Crippen MR) is 179 cm³/mol. The Labute approximate surface area is 276 Å². The smallest absolute Gasteiger partial charge is 0.417 e. The standard InChI is InChI=1S/C36H46N4O7/c1-5-6-17-46-36(45)40(34(43)32(37)21-31-24(2)18-30(41)19-25(31)3)26(4)33(42)38-22-29(20-27-13-9-7-10-14-27)39-35(44)47-23-28-15-11-8-12-16-28/h7-16,18-19,26,29,32,41H,5-6,17,20-23,37H2,1-4H3,(H,38,42)(H,39,44)/t26-,29-,32+/m1/s1. The molecule has 5 N–H and O–H groups in total. The van der Waals surface area contributed by atoms with Crippen molar-refractivity contribution in [2.45, 2.75) is 78.1 Å². The first-order valence-electron chi connectivity index (χ1n) is 15.8. The zero-order chi connectivity index (χ0) is 34.3. The van der Waals surface area contributed by atoms with Crippen LogP contribution in [0.25, 0.3) is 0 Å². The molecule has 0 radical (unpaired) electrons. The van der Waals surface area contributed by atoms with Crippen LogP contribution in [0.15, 0.2) is 72.8 Å². The van der Waals surface area contributed by atoms with Gasteiger partial charge in [-0.05, 0) is 80.0 Å². The number of carbonyl (C=O) groups is 4. The number of nitrogens with one attached hydrogen (secondary N) is 2. The molecule has 0 aliphatic rings. The molecule has 0 aliphatic carbocycles. The number of imide groups is 1. The summed E-state index contributed by atoms with van der Waals surface area (Å²) in [6.45, 7) is 7.09. The molecule has 11 nitrogen and oxygen atoms in total. The van der Waals surface area contributed by atoms with Crippen LogP contribution in [0.1, 0.15) is 54.5 Å². The second-order valence-corrected chi connectivity index (χ2v) is 11.6. The molecule has 0 aliphatic heterocycles. The van der Waals surface area contributed by atoms with Gasteiger partial charge < -0.3 is 30.9 Å². The number of aryl methyl sites for hydroxylation is 2. The van der Waals surface area contributed by atoms with E-state index in [-0.39, 0.29) is 31.9 Å². The van der Waals surface area contributed by atoms with Crippen molar-refractivity contribution in [2.75, 3.05) is 13.2 Å². The Morgan fingerprint density at radius 3 is 2.09 bits per heavy atom. The van der Waals surface area contributed by atoms with E-state index in [1.54, 1.807) is 26.0 Å². The van der Waals surface area contributed by atoms with E-state index in [2.05, 4.69) is 10.6 Å². The summed E-state index contributed by atoms with van der Waals surface area (Å²) >= 11 is 0. The largest absolute Gasteiger partial charge is 0.508 e. The van der Waals surface area contributed by atoms with Gasteiger partial charge in [-0.1, -0.05) is 74.0 Å². The van der Waals surface area contributed by atoms with Crippen molar-refractivity contribution >= 4 is 24.0 Å². The lowest BCUT2D eigenvalue weighted by atomic mass is 9.95. The van der Waals surface area contributed by atoms with Crippen molar-refractivity contribution in [1.82, 2.24) is 15.5 Å². The van der Waals surface area contributed by atoms with Crippen LogP contribution >= 0.6 is 0 Å². The SMILES string of the molecule is CCCCOC(=O)N(C(=O)[C@@H](N)Cc1c(C)cc(O)cc1C)[C@H](C)C(=O)NC[C@@H](Cc1ccccc1)NC(=O)OCc1ccccc1. The minimum atomic E-state index is -1.27. The maximum absolute atomic E-state index is 13.7. The van der Waals surface area contributed by atoms with Crippen LogP contribution in [0.3, 0.4) is 0 Å². The van der Waals surface area contributed by atoms with E-state index < -0.39 is 42.1 Å². The second kappa shape index (κ2) is 18.3. The van der Waals surface area contributed by atoms with Crippen molar-refractivity contribution in [1.29, 1.82) is 0 Å². The van der Waals surface area contributed by atoms with Gasteiger partial charge in [-0.15, -0.1) is 0 Å². The van der Waals surface area contributed by atoms with Crippen LogP contribution in [-0.2, 0) is 38.5 Å². The van der Waals surface area contributed by atoms with Crippen LogP contribution in [0, 0.1) is 13.8 Å². The molecular weight excluding hydrogens is 600 g/mol. The van der Waals surface area contributed by atoms with Crippen molar-refractivity contribution < 1.29 is 33.8 Å². The summed E-state index contributed by atoms with van der Waals surface area (Å²) in [5.41, 5.74) is 10.3. The number of nitrogens with two attached hydrogens (primary N) is 1. The third-order valence-electron chi connectivity index (χ3n) is 7.73. The van der Waals surface area contributed by atoms with Crippen LogP contribution < -0.4 is 16.4 Å². The van der Waals surface area contributed by atoms with Gasteiger partial charge in [0.25, 0.3) is 0 Å². The minimum absolute atomic E-state index is 0.0105. The first-order valence-corrected chi connectivity index (χ1v) is 15.8. The zero-order valence-corrected chi connectivity index (χ0v) is 27.5. The van der Waals surface area contributed by atoms with Crippen molar-refractivity contribution in [2.24, 2.45) is 5.73 Å². The Hall–Kier alpha value is -4.90. The molecule has 0 aromatic heterocycles. The van der Waals surface area contributed by atoms with Gasteiger partial charge in [0.1, 0.15) is 18.4 Å². The molecule has 0 unspecified atom stereocenters. The monoisotopic (exact) mass is 646 g/mol. The Balaban J connectivity index is 1.73. The van der Waals surface area contributed by atoms with Gasteiger partial charge >= 0.3 is 12.2 Å². The Kier molecular flexibility index (Phi) is 14.2. The highest BCUT2D eigenvalue weighted by atomic mass is 16.6. The summed E-state index contributed by atoms with van der Waals surface area (Å²) in [6, 6.07) is 18.8. The van der Waals surface area contributed by atoms with Gasteiger partial charge in [-0.25, -0.2) is 14.5 Å². The average Bonchev–Trinajstić information content (AvgIpc) is 3.05. The van der Waals surface area contributed by atoms with E-state index in [9.17, 15) is 24.3 Å². The molecular formula is C36H46N4O7. The topological polar surface area (TPSA) is 160 Å². The van der Waals surface area contributed by atoms with E-state index >= 15 is 0 Å². The lowest BCUT2D eigenvalue weighted by molar-refractivity contribution is -0.139. The number of amides is 4. The molecule has 0 saturated carbocycles. The van der Waals surface area contributed by atoms with Gasteiger partial charge in [0, 0.05) is 6.54 Å². The molecule has 3 aromatic rings. The molecule has 0 saturated heterocycles. The number of unbranched alkanes of at least 4 members (excludes halogenated alkanes) is 1. The number of phenolic OH excluding ortho intramolecular Hbond substituents is 1. The van der Waals surface area contributed by atoms with Crippen LogP contribution in [-0.4, -0.2) is 65.3 Å². The van der Waals surface area contributed by atoms with Gasteiger partial charge in [0.15, 0.2) is 0 Å².